The first-order chi connectivity index (χ1) is 9.79. The minimum Gasteiger partial charge on any atom is -0.475 e. The van der Waals surface area contributed by atoms with Crippen LogP contribution in [-0.2, 0) is 0 Å². The Balaban J connectivity index is 0.00000161. The van der Waals surface area contributed by atoms with Crippen LogP contribution in [0.2, 0.25) is 0 Å². The molecule has 0 saturated carbocycles. The van der Waals surface area contributed by atoms with E-state index in [1.165, 1.54) is 0 Å². The minimum atomic E-state index is 0. The van der Waals surface area contributed by atoms with E-state index in [0.717, 1.165) is 36.4 Å². The van der Waals surface area contributed by atoms with Crippen molar-refractivity contribution >= 4 is 29.3 Å². The summed E-state index contributed by atoms with van der Waals surface area (Å²) in [5, 5.41) is 3.38. The van der Waals surface area contributed by atoms with Crippen LogP contribution in [-0.4, -0.2) is 42.8 Å². The second-order valence-electron chi connectivity index (χ2n) is 5.03. The summed E-state index contributed by atoms with van der Waals surface area (Å²) in [4.78, 5) is 11.5. The van der Waals surface area contributed by atoms with Crippen LogP contribution in [0.15, 0.2) is 24.3 Å². The number of aromatic nitrogens is 2. The van der Waals surface area contributed by atoms with E-state index < -0.39 is 0 Å². The highest BCUT2D eigenvalue weighted by atomic mass is 35.5. The van der Waals surface area contributed by atoms with Crippen LogP contribution in [0.4, 0.5) is 5.82 Å². The second kappa shape index (κ2) is 6.91. The average Bonchev–Trinajstić information content (AvgIpc) is 3.00. The quantitative estimate of drug-likeness (QED) is 0.939. The van der Waals surface area contributed by atoms with Gasteiger partial charge in [0.05, 0.1) is 17.6 Å². The van der Waals surface area contributed by atoms with Gasteiger partial charge in [-0.3, -0.25) is 0 Å². The number of para-hydroxylation sites is 2. The topological polar surface area (TPSA) is 50.3 Å². The molecule has 6 heteroatoms. The zero-order valence-electron chi connectivity index (χ0n) is 12.4. The Hall–Kier alpha value is -1.59. The fourth-order valence-corrected chi connectivity index (χ4v) is 2.58. The van der Waals surface area contributed by atoms with Crippen molar-refractivity contribution in [1.29, 1.82) is 0 Å². The molecule has 0 aliphatic carbocycles. The fourth-order valence-electron chi connectivity index (χ4n) is 2.58. The maximum atomic E-state index is 5.69. The number of anilines is 1. The van der Waals surface area contributed by atoms with Crippen molar-refractivity contribution in [3.63, 3.8) is 0 Å². The molecule has 1 aliphatic heterocycles. The summed E-state index contributed by atoms with van der Waals surface area (Å²) in [6.07, 6.45) is 1.12. The molecule has 2 aromatic rings. The number of hydrogen-bond donors (Lipinski definition) is 1. The molecule has 1 aromatic carbocycles. The van der Waals surface area contributed by atoms with E-state index in [2.05, 4.69) is 22.2 Å². The van der Waals surface area contributed by atoms with Crippen molar-refractivity contribution in [1.82, 2.24) is 15.3 Å². The lowest BCUT2D eigenvalue weighted by Crippen LogP contribution is -2.34. The molecule has 1 aliphatic rings. The number of halogens is 1. The van der Waals surface area contributed by atoms with Gasteiger partial charge in [-0.15, -0.1) is 12.4 Å². The van der Waals surface area contributed by atoms with E-state index in [-0.39, 0.29) is 12.4 Å². The monoisotopic (exact) mass is 308 g/mol. The molecule has 0 unspecified atom stereocenters. The first-order valence-corrected chi connectivity index (χ1v) is 7.12. The number of rotatable bonds is 4. The molecule has 114 valence electrons. The lowest BCUT2D eigenvalue weighted by molar-refractivity contribution is 0.326. The summed E-state index contributed by atoms with van der Waals surface area (Å²) >= 11 is 0. The van der Waals surface area contributed by atoms with Crippen molar-refractivity contribution in [2.24, 2.45) is 0 Å². The molecular formula is C15H21ClN4O. The highest BCUT2D eigenvalue weighted by Gasteiger charge is 2.24. The van der Waals surface area contributed by atoms with E-state index in [1.54, 1.807) is 0 Å². The van der Waals surface area contributed by atoms with Gasteiger partial charge in [-0.2, -0.15) is 0 Å². The van der Waals surface area contributed by atoms with Gasteiger partial charge in [-0.1, -0.05) is 12.1 Å². The van der Waals surface area contributed by atoms with Gasteiger partial charge in [-0.05, 0) is 32.0 Å². The third-order valence-electron chi connectivity index (χ3n) is 3.72. The molecule has 0 amide bonds. The zero-order valence-corrected chi connectivity index (χ0v) is 13.2. The standard InChI is InChI=1S/C15H20N4O.ClH/c1-3-20-15-14(19(2)11-8-9-16-10-11)17-12-6-4-5-7-13(12)18-15;/h4-7,11,16H,3,8-10H2,1-2H3;1H/t11-;/m0./s1. The van der Waals surface area contributed by atoms with Gasteiger partial charge in [0.1, 0.15) is 0 Å². The zero-order chi connectivity index (χ0) is 13.9. The molecule has 5 nitrogen and oxygen atoms in total. The molecule has 21 heavy (non-hydrogen) atoms. The fraction of sp³-hybridized carbons (Fsp3) is 0.467. The smallest absolute Gasteiger partial charge is 0.258 e. The third kappa shape index (κ3) is 3.19. The molecule has 1 aromatic heterocycles. The highest BCUT2D eigenvalue weighted by Crippen LogP contribution is 2.28. The second-order valence-corrected chi connectivity index (χ2v) is 5.03. The number of hydrogen-bond acceptors (Lipinski definition) is 5. The van der Waals surface area contributed by atoms with Gasteiger partial charge < -0.3 is 15.0 Å². The molecule has 1 saturated heterocycles. The number of benzene rings is 1. The largest absolute Gasteiger partial charge is 0.475 e. The highest BCUT2D eigenvalue weighted by molar-refractivity contribution is 5.85. The predicted octanol–water partition coefficient (Wildman–Crippen LogP) is 2.25. The van der Waals surface area contributed by atoms with Crippen LogP contribution in [0.1, 0.15) is 13.3 Å². The Labute approximate surface area is 131 Å². The van der Waals surface area contributed by atoms with E-state index >= 15 is 0 Å². The Kier molecular flexibility index (Phi) is 5.20. The first-order valence-electron chi connectivity index (χ1n) is 7.12. The van der Waals surface area contributed by atoms with Gasteiger partial charge >= 0.3 is 0 Å². The maximum absolute atomic E-state index is 5.69. The summed E-state index contributed by atoms with van der Waals surface area (Å²) in [7, 11) is 2.07. The maximum Gasteiger partial charge on any atom is 0.258 e. The van der Waals surface area contributed by atoms with Gasteiger partial charge in [0, 0.05) is 19.6 Å². The minimum absolute atomic E-state index is 0. The molecule has 0 spiro atoms. The molecule has 1 atom stereocenters. The molecular weight excluding hydrogens is 288 g/mol. The number of ether oxygens (including phenoxy) is 1. The van der Waals surface area contributed by atoms with E-state index in [0.29, 0.717) is 18.5 Å². The average molecular weight is 309 g/mol. The lowest BCUT2D eigenvalue weighted by atomic mass is 10.2. The Morgan fingerprint density at radius 2 is 2.00 bits per heavy atom. The summed E-state index contributed by atoms with van der Waals surface area (Å²) in [5.74, 6) is 1.46. The van der Waals surface area contributed by atoms with Crippen LogP contribution in [0.3, 0.4) is 0 Å². The van der Waals surface area contributed by atoms with Crippen LogP contribution in [0, 0.1) is 0 Å². The van der Waals surface area contributed by atoms with Gasteiger partial charge in [0.15, 0.2) is 5.82 Å². The number of fused-ring (bicyclic) bond motifs is 1. The van der Waals surface area contributed by atoms with Crippen molar-refractivity contribution in [3.05, 3.63) is 24.3 Å². The van der Waals surface area contributed by atoms with Gasteiger partial charge in [-0.25, -0.2) is 9.97 Å². The first kappa shape index (κ1) is 15.8. The van der Waals surface area contributed by atoms with Crippen LogP contribution in [0.5, 0.6) is 5.88 Å². The summed E-state index contributed by atoms with van der Waals surface area (Å²) in [5.41, 5.74) is 1.78. The van der Waals surface area contributed by atoms with Crippen molar-refractivity contribution in [2.75, 3.05) is 31.6 Å². The molecule has 3 rings (SSSR count). The number of likely N-dealkylation sites (N-methyl/N-ethyl adjacent to an activating group) is 1. The number of nitrogens with zero attached hydrogens (tertiary/aromatic N) is 3. The summed E-state index contributed by atoms with van der Waals surface area (Å²) in [6, 6.07) is 8.35. The van der Waals surface area contributed by atoms with Gasteiger partial charge in [0.2, 0.25) is 0 Å². The van der Waals surface area contributed by atoms with E-state index in [4.69, 9.17) is 9.72 Å². The number of nitrogens with one attached hydrogen (secondary N) is 1. The summed E-state index contributed by atoms with van der Waals surface area (Å²) in [6.45, 7) is 4.60. The van der Waals surface area contributed by atoms with Gasteiger partial charge in [0.25, 0.3) is 5.88 Å². The van der Waals surface area contributed by atoms with E-state index in [9.17, 15) is 0 Å². The predicted molar refractivity (Wildman–Crippen MR) is 87.6 cm³/mol. The van der Waals surface area contributed by atoms with Crippen LogP contribution in [0.25, 0.3) is 11.0 Å². The lowest BCUT2D eigenvalue weighted by Gasteiger charge is -2.26. The molecule has 0 radical (unpaired) electrons. The molecule has 1 N–H and O–H groups in total. The normalized spacial score (nSPS) is 17.5. The van der Waals surface area contributed by atoms with Crippen molar-refractivity contribution in [3.8, 4) is 5.88 Å². The molecule has 0 bridgehead atoms. The Bertz CT molecular complexity index is 601. The Morgan fingerprint density at radius 1 is 1.29 bits per heavy atom. The molecule has 1 fully saturated rings. The third-order valence-corrected chi connectivity index (χ3v) is 3.72. The SMILES string of the molecule is CCOc1nc2ccccc2nc1N(C)[C@H]1CCNC1.Cl. The Morgan fingerprint density at radius 3 is 2.62 bits per heavy atom. The van der Waals surface area contributed by atoms with E-state index in [1.807, 2.05) is 31.2 Å². The van der Waals surface area contributed by atoms with Crippen LogP contribution < -0.4 is 15.0 Å². The summed E-state index contributed by atoms with van der Waals surface area (Å²) < 4.78 is 5.69. The van der Waals surface area contributed by atoms with Crippen LogP contribution >= 0.6 is 12.4 Å². The van der Waals surface area contributed by atoms with Crippen molar-refractivity contribution in [2.45, 2.75) is 19.4 Å². The van der Waals surface area contributed by atoms with Crippen molar-refractivity contribution < 1.29 is 4.74 Å². The molecule has 2 heterocycles.